The molecule has 4 aromatic rings. The molecule has 0 saturated heterocycles. The zero-order chi connectivity index (χ0) is 20.5. The number of likely N-dealkylation sites (N-methyl/N-ethyl adjacent to an activating group) is 1. The van der Waals surface area contributed by atoms with Gasteiger partial charge in [0.25, 0.3) is 0 Å². The first kappa shape index (κ1) is 18.4. The second kappa shape index (κ2) is 7.68. The summed E-state index contributed by atoms with van der Waals surface area (Å²) in [6.07, 6.45) is 4.33. The highest BCUT2D eigenvalue weighted by Gasteiger charge is 2.15. The second-order valence-electron chi connectivity index (χ2n) is 7.44. The molecule has 0 unspecified atom stereocenters. The number of anilines is 2. The Kier molecular flexibility index (Phi) is 4.72. The van der Waals surface area contributed by atoms with Crippen molar-refractivity contribution in [2.75, 3.05) is 18.9 Å². The van der Waals surface area contributed by atoms with Crippen molar-refractivity contribution in [2.24, 2.45) is 0 Å². The van der Waals surface area contributed by atoms with Crippen LogP contribution in [0.3, 0.4) is 0 Å². The quantitative estimate of drug-likeness (QED) is 0.536. The molecular formula is C23H20FN5O. The summed E-state index contributed by atoms with van der Waals surface area (Å²) < 4.78 is 20.1. The number of rotatable bonds is 4. The highest BCUT2D eigenvalue weighted by atomic mass is 19.1. The molecule has 0 saturated carbocycles. The van der Waals surface area contributed by atoms with Crippen molar-refractivity contribution in [2.45, 2.75) is 13.0 Å². The second-order valence-corrected chi connectivity index (χ2v) is 7.44. The maximum atomic E-state index is 14.3. The van der Waals surface area contributed by atoms with E-state index in [1.54, 1.807) is 30.6 Å². The first-order valence-electron chi connectivity index (χ1n) is 9.77. The smallest absolute Gasteiger partial charge is 0.320 e. The van der Waals surface area contributed by atoms with Gasteiger partial charge in [0.1, 0.15) is 5.82 Å². The predicted molar refractivity (Wildman–Crippen MR) is 113 cm³/mol. The Bertz CT molecular complexity index is 1190. The number of nitrogens with zero attached hydrogens (tertiary/aromatic N) is 4. The number of aromatic nitrogens is 3. The molecule has 150 valence electrons. The lowest BCUT2D eigenvalue weighted by Gasteiger charge is -2.25. The maximum Gasteiger partial charge on any atom is 0.320 e. The zero-order valence-corrected chi connectivity index (χ0v) is 16.5. The Balaban J connectivity index is 1.39. The molecule has 0 amide bonds. The van der Waals surface area contributed by atoms with Crippen LogP contribution in [0.4, 0.5) is 16.1 Å². The maximum absolute atomic E-state index is 14.3. The number of halogens is 1. The van der Waals surface area contributed by atoms with Gasteiger partial charge in [-0.25, -0.2) is 4.39 Å². The zero-order valence-electron chi connectivity index (χ0n) is 16.5. The van der Waals surface area contributed by atoms with Gasteiger partial charge in [0.2, 0.25) is 5.89 Å². The minimum absolute atomic E-state index is 0.293. The van der Waals surface area contributed by atoms with E-state index in [4.69, 9.17) is 4.42 Å². The normalized spacial score (nSPS) is 13.8. The van der Waals surface area contributed by atoms with E-state index in [1.807, 2.05) is 12.1 Å². The molecule has 0 radical (unpaired) electrons. The fourth-order valence-electron chi connectivity index (χ4n) is 3.69. The minimum atomic E-state index is -0.330. The summed E-state index contributed by atoms with van der Waals surface area (Å²) >= 11 is 0. The number of pyridine rings is 1. The van der Waals surface area contributed by atoms with Gasteiger partial charge in [0.05, 0.1) is 0 Å². The lowest BCUT2D eigenvalue weighted by Crippen LogP contribution is -2.26. The summed E-state index contributed by atoms with van der Waals surface area (Å²) in [6.45, 7) is 2.00. The largest absolute Gasteiger partial charge is 0.403 e. The van der Waals surface area contributed by atoms with E-state index in [2.05, 4.69) is 44.6 Å². The molecular weight excluding hydrogens is 381 g/mol. The summed E-state index contributed by atoms with van der Waals surface area (Å²) in [5.41, 5.74) is 5.34. The van der Waals surface area contributed by atoms with Crippen molar-refractivity contribution in [1.82, 2.24) is 20.1 Å². The van der Waals surface area contributed by atoms with Crippen LogP contribution in [-0.2, 0) is 13.0 Å². The topological polar surface area (TPSA) is 67.1 Å². The van der Waals surface area contributed by atoms with Crippen LogP contribution in [0.15, 0.2) is 65.3 Å². The van der Waals surface area contributed by atoms with Crippen LogP contribution in [0.2, 0.25) is 0 Å². The van der Waals surface area contributed by atoms with Crippen LogP contribution in [0.1, 0.15) is 11.1 Å². The average Bonchev–Trinajstić information content (AvgIpc) is 3.23. The van der Waals surface area contributed by atoms with Crippen molar-refractivity contribution >= 4 is 11.7 Å². The Morgan fingerprint density at radius 3 is 2.83 bits per heavy atom. The molecule has 7 heteroatoms. The van der Waals surface area contributed by atoms with Crippen molar-refractivity contribution < 1.29 is 8.81 Å². The third-order valence-electron chi connectivity index (χ3n) is 5.27. The van der Waals surface area contributed by atoms with Crippen molar-refractivity contribution in [1.29, 1.82) is 0 Å². The number of benzene rings is 2. The molecule has 1 aliphatic heterocycles. The number of hydrogen-bond acceptors (Lipinski definition) is 6. The summed E-state index contributed by atoms with van der Waals surface area (Å²) in [7, 11) is 2.12. The molecule has 3 heterocycles. The number of fused-ring (bicyclic) bond motifs is 1. The molecule has 0 atom stereocenters. The Labute approximate surface area is 173 Å². The fourth-order valence-corrected chi connectivity index (χ4v) is 3.69. The lowest BCUT2D eigenvalue weighted by atomic mass is 9.99. The average molecular weight is 401 g/mol. The molecule has 0 aliphatic carbocycles. The van der Waals surface area contributed by atoms with Gasteiger partial charge in [-0.2, -0.15) is 0 Å². The first-order chi connectivity index (χ1) is 14.7. The van der Waals surface area contributed by atoms with E-state index in [0.717, 1.165) is 25.2 Å². The van der Waals surface area contributed by atoms with Crippen molar-refractivity contribution in [3.05, 3.63) is 77.9 Å². The van der Waals surface area contributed by atoms with E-state index in [9.17, 15) is 4.39 Å². The first-order valence-corrected chi connectivity index (χ1v) is 9.77. The summed E-state index contributed by atoms with van der Waals surface area (Å²) in [6, 6.07) is 14.9. The Hall–Kier alpha value is -3.58. The molecule has 1 aliphatic rings. The molecule has 6 nitrogen and oxygen atoms in total. The standard InChI is InChI=1S/C23H20FN5O/c1-29-10-8-15-4-6-19(11-18(15)14-29)26-23-28-27-22(30-23)16-5-7-21(24)20(12-16)17-3-2-9-25-13-17/h2-7,9,11-13H,8,10,14H2,1H3,(H,26,28). The van der Waals surface area contributed by atoms with Crippen LogP contribution >= 0.6 is 0 Å². The van der Waals surface area contributed by atoms with Crippen LogP contribution in [-0.4, -0.2) is 33.7 Å². The van der Waals surface area contributed by atoms with Crippen molar-refractivity contribution in [3.8, 4) is 22.6 Å². The lowest BCUT2D eigenvalue weighted by molar-refractivity contribution is 0.313. The Morgan fingerprint density at radius 1 is 1.03 bits per heavy atom. The molecule has 0 bridgehead atoms. The fraction of sp³-hybridized carbons (Fsp3) is 0.174. The van der Waals surface area contributed by atoms with Crippen LogP contribution in [0, 0.1) is 5.82 Å². The van der Waals surface area contributed by atoms with E-state index >= 15 is 0 Å². The van der Waals surface area contributed by atoms with Gasteiger partial charge in [-0.15, -0.1) is 5.10 Å². The van der Waals surface area contributed by atoms with E-state index in [1.165, 1.54) is 17.2 Å². The third kappa shape index (κ3) is 3.67. The van der Waals surface area contributed by atoms with Gasteiger partial charge in [0, 0.05) is 47.9 Å². The van der Waals surface area contributed by atoms with Crippen LogP contribution in [0.25, 0.3) is 22.6 Å². The highest BCUT2D eigenvalue weighted by Crippen LogP contribution is 2.29. The molecule has 2 aromatic carbocycles. The minimum Gasteiger partial charge on any atom is -0.403 e. The van der Waals surface area contributed by atoms with Gasteiger partial charge in [-0.3, -0.25) is 4.98 Å². The van der Waals surface area contributed by atoms with Gasteiger partial charge in [-0.05, 0) is 61.0 Å². The van der Waals surface area contributed by atoms with E-state index in [-0.39, 0.29) is 5.82 Å². The molecule has 30 heavy (non-hydrogen) atoms. The van der Waals surface area contributed by atoms with Gasteiger partial charge >= 0.3 is 6.01 Å². The SMILES string of the molecule is CN1CCc2ccc(Nc3nnc(-c4ccc(F)c(-c5cccnc5)c4)o3)cc2C1. The monoisotopic (exact) mass is 401 g/mol. The summed E-state index contributed by atoms with van der Waals surface area (Å²) in [5.74, 6) is -0.0102. The molecule has 0 spiro atoms. The summed E-state index contributed by atoms with van der Waals surface area (Å²) in [5, 5.41) is 11.4. The number of nitrogens with one attached hydrogen (secondary N) is 1. The molecule has 1 N–H and O–H groups in total. The van der Waals surface area contributed by atoms with E-state index in [0.29, 0.717) is 28.6 Å². The predicted octanol–water partition coefficient (Wildman–Crippen LogP) is 4.67. The molecule has 0 fully saturated rings. The van der Waals surface area contributed by atoms with Gasteiger partial charge in [-0.1, -0.05) is 17.2 Å². The summed E-state index contributed by atoms with van der Waals surface area (Å²) in [4.78, 5) is 6.36. The molecule has 5 rings (SSSR count). The highest BCUT2D eigenvalue weighted by molar-refractivity contribution is 5.70. The molecule has 2 aromatic heterocycles. The van der Waals surface area contributed by atoms with Gasteiger partial charge < -0.3 is 14.6 Å². The van der Waals surface area contributed by atoms with Crippen LogP contribution in [0.5, 0.6) is 0 Å². The van der Waals surface area contributed by atoms with Crippen molar-refractivity contribution in [3.63, 3.8) is 0 Å². The third-order valence-corrected chi connectivity index (χ3v) is 5.27. The van der Waals surface area contributed by atoms with Gasteiger partial charge in [0.15, 0.2) is 0 Å². The van der Waals surface area contributed by atoms with Crippen LogP contribution < -0.4 is 5.32 Å². The number of hydrogen-bond donors (Lipinski definition) is 1. The van der Waals surface area contributed by atoms with E-state index < -0.39 is 0 Å². The Morgan fingerprint density at radius 2 is 1.97 bits per heavy atom.